The number of hydrogen-bond acceptors (Lipinski definition) is 3. The maximum atomic E-state index is 11.7. The number of carbonyl (C=O) groups excluding carboxylic acids is 2. The van der Waals surface area contributed by atoms with Crippen molar-refractivity contribution in [3.8, 4) is 0 Å². The number of alkyl halides is 3. The molecule has 9 heteroatoms. The maximum Gasteiger partial charge on any atom is 0.414 e. The first-order valence-corrected chi connectivity index (χ1v) is 5.67. The molecule has 0 aliphatic carbocycles. The standard InChI is InChI=1S/C11H10ClF3N2O3/c12-8-4-2-1-3-7(8)10(19)16-5-9(18)17-20-6-11(13,14)15/h1-4H,5-6H2,(H,16,19)(H,17,18). The zero-order chi connectivity index (χ0) is 15.2. The molecule has 2 amide bonds. The van der Waals surface area contributed by atoms with Gasteiger partial charge in [-0.2, -0.15) is 13.2 Å². The van der Waals surface area contributed by atoms with Crippen molar-refractivity contribution < 1.29 is 27.6 Å². The molecule has 0 fully saturated rings. The highest BCUT2D eigenvalue weighted by Gasteiger charge is 2.28. The summed E-state index contributed by atoms with van der Waals surface area (Å²) < 4.78 is 35.2. The summed E-state index contributed by atoms with van der Waals surface area (Å²) in [4.78, 5) is 26.6. The second-order valence-corrected chi connectivity index (χ2v) is 4.00. The molecule has 0 bridgehead atoms. The van der Waals surface area contributed by atoms with Crippen LogP contribution in [0.25, 0.3) is 0 Å². The van der Waals surface area contributed by atoms with Crippen LogP contribution < -0.4 is 10.8 Å². The predicted molar refractivity (Wildman–Crippen MR) is 63.9 cm³/mol. The van der Waals surface area contributed by atoms with Crippen molar-refractivity contribution in [2.24, 2.45) is 0 Å². The molecule has 20 heavy (non-hydrogen) atoms. The zero-order valence-electron chi connectivity index (χ0n) is 9.96. The zero-order valence-corrected chi connectivity index (χ0v) is 10.7. The number of carbonyl (C=O) groups is 2. The van der Waals surface area contributed by atoms with E-state index < -0.39 is 31.1 Å². The van der Waals surface area contributed by atoms with Crippen molar-refractivity contribution in [3.63, 3.8) is 0 Å². The highest BCUT2D eigenvalue weighted by molar-refractivity contribution is 6.33. The highest BCUT2D eigenvalue weighted by Crippen LogP contribution is 2.14. The summed E-state index contributed by atoms with van der Waals surface area (Å²) in [7, 11) is 0. The first-order valence-electron chi connectivity index (χ1n) is 5.29. The number of benzene rings is 1. The molecule has 0 spiro atoms. The Hall–Kier alpha value is -1.80. The van der Waals surface area contributed by atoms with Gasteiger partial charge in [-0.25, -0.2) is 5.48 Å². The summed E-state index contributed by atoms with van der Waals surface area (Å²) in [5.41, 5.74) is 1.71. The van der Waals surface area contributed by atoms with Crippen molar-refractivity contribution >= 4 is 23.4 Å². The molecule has 2 N–H and O–H groups in total. The van der Waals surface area contributed by atoms with Gasteiger partial charge in [-0.1, -0.05) is 23.7 Å². The van der Waals surface area contributed by atoms with Crippen LogP contribution in [0.15, 0.2) is 24.3 Å². The maximum absolute atomic E-state index is 11.7. The van der Waals surface area contributed by atoms with Crippen LogP contribution >= 0.6 is 11.6 Å². The number of nitrogens with one attached hydrogen (secondary N) is 2. The SMILES string of the molecule is O=C(CNC(=O)c1ccccc1Cl)NOCC(F)(F)F. The van der Waals surface area contributed by atoms with Gasteiger partial charge in [0.15, 0.2) is 6.61 Å². The van der Waals surface area contributed by atoms with Gasteiger partial charge in [0.25, 0.3) is 11.8 Å². The van der Waals surface area contributed by atoms with Crippen LogP contribution in [0.5, 0.6) is 0 Å². The third-order valence-corrected chi connectivity index (χ3v) is 2.28. The van der Waals surface area contributed by atoms with E-state index in [1.54, 1.807) is 17.6 Å². The summed E-state index contributed by atoms with van der Waals surface area (Å²) in [6.45, 7) is -2.15. The monoisotopic (exact) mass is 310 g/mol. The lowest BCUT2D eigenvalue weighted by atomic mass is 10.2. The van der Waals surface area contributed by atoms with E-state index in [2.05, 4.69) is 10.2 Å². The largest absolute Gasteiger partial charge is 0.414 e. The first kappa shape index (κ1) is 16.3. The molecule has 1 aromatic carbocycles. The van der Waals surface area contributed by atoms with Crippen molar-refractivity contribution in [1.82, 2.24) is 10.8 Å². The fraction of sp³-hybridized carbons (Fsp3) is 0.273. The van der Waals surface area contributed by atoms with E-state index in [1.165, 1.54) is 12.1 Å². The van der Waals surface area contributed by atoms with Crippen LogP contribution in [0.1, 0.15) is 10.4 Å². The Morgan fingerprint density at radius 3 is 2.50 bits per heavy atom. The molecule has 0 aliphatic heterocycles. The van der Waals surface area contributed by atoms with Gasteiger partial charge in [0, 0.05) is 0 Å². The fourth-order valence-electron chi connectivity index (χ4n) is 1.14. The summed E-state index contributed by atoms with van der Waals surface area (Å²) in [5.74, 6) is -1.55. The van der Waals surface area contributed by atoms with Gasteiger partial charge in [-0.05, 0) is 12.1 Å². The summed E-state index contributed by atoms with van der Waals surface area (Å²) >= 11 is 5.76. The Morgan fingerprint density at radius 1 is 1.25 bits per heavy atom. The van der Waals surface area contributed by atoms with Crippen molar-refractivity contribution in [2.45, 2.75) is 6.18 Å². The Bertz CT molecular complexity index is 494. The molecule has 0 saturated heterocycles. The van der Waals surface area contributed by atoms with Crippen molar-refractivity contribution in [1.29, 1.82) is 0 Å². The molecule has 5 nitrogen and oxygen atoms in total. The van der Waals surface area contributed by atoms with Gasteiger partial charge in [-0.15, -0.1) is 0 Å². The van der Waals surface area contributed by atoms with E-state index in [-0.39, 0.29) is 10.6 Å². The molecular weight excluding hydrogens is 301 g/mol. The Morgan fingerprint density at radius 2 is 1.90 bits per heavy atom. The van der Waals surface area contributed by atoms with Crippen LogP contribution in [0.4, 0.5) is 13.2 Å². The predicted octanol–water partition coefficient (Wildman–Crippen LogP) is 1.68. The minimum absolute atomic E-state index is 0.151. The fourth-order valence-corrected chi connectivity index (χ4v) is 1.36. The number of hydroxylamine groups is 1. The van der Waals surface area contributed by atoms with Crippen LogP contribution in [-0.2, 0) is 9.63 Å². The minimum atomic E-state index is -4.55. The third-order valence-electron chi connectivity index (χ3n) is 1.95. The molecule has 0 atom stereocenters. The van der Waals surface area contributed by atoms with Gasteiger partial charge < -0.3 is 5.32 Å². The second kappa shape index (κ2) is 7.11. The number of amides is 2. The van der Waals surface area contributed by atoms with E-state index in [9.17, 15) is 22.8 Å². The van der Waals surface area contributed by atoms with Gasteiger partial charge in [0.1, 0.15) is 0 Å². The van der Waals surface area contributed by atoms with E-state index in [0.29, 0.717) is 0 Å². The van der Waals surface area contributed by atoms with Crippen LogP contribution in [0.2, 0.25) is 5.02 Å². The smallest absolute Gasteiger partial charge is 0.343 e. The molecule has 110 valence electrons. The topological polar surface area (TPSA) is 67.4 Å². The number of rotatable bonds is 5. The van der Waals surface area contributed by atoms with E-state index in [0.717, 1.165) is 0 Å². The molecule has 0 aromatic heterocycles. The summed E-state index contributed by atoms with van der Waals surface area (Å²) in [6, 6.07) is 6.13. The van der Waals surface area contributed by atoms with E-state index in [4.69, 9.17) is 11.6 Å². The summed E-state index contributed by atoms with van der Waals surface area (Å²) in [5, 5.41) is 2.38. The van der Waals surface area contributed by atoms with E-state index >= 15 is 0 Å². The van der Waals surface area contributed by atoms with Crippen molar-refractivity contribution in [3.05, 3.63) is 34.9 Å². The number of hydrogen-bond donors (Lipinski definition) is 2. The third kappa shape index (κ3) is 5.89. The van der Waals surface area contributed by atoms with E-state index in [1.807, 2.05) is 0 Å². The molecule has 1 aromatic rings. The molecule has 0 saturated carbocycles. The van der Waals surface area contributed by atoms with Crippen LogP contribution in [-0.4, -0.2) is 31.1 Å². The summed E-state index contributed by atoms with van der Waals surface area (Å²) in [6.07, 6.45) is -4.55. The van der Waals surface area contributed by atoms with Crippen molar-refractivity contribution in [2.75, 3.05) is 13.2 Å². The lowest BCUT2D eigenvalue weighted by molar-refractivity contribution is -0.191. The molecule has 0 aliphatic rings. The molecule has 0 unspecified atom stereocenters. The Balaban J connectivity index is 2.35. The first-order chi connectivity index (χ1) is 9.29. The highest BCUT2D eigenvalue weighted by atomic mass is 35.5. The number of halogens is 4. The average molecular weight is 311 g/mol. The minimum Gasteiger partial charge on any atom is -0.343 e. The lowest BCUT2D eigenvalue weighted by Crippen LogP contribution is -2.38. The average Bonchev–Trinajstić information content (AvgIpc) is 2.35. The molecular formula is C11H10ClF3N2O3. The van der Waals surface area contributed by atoms with Gasteiger partial charge in [0.2, 0.25) is 0 Å². The van der Waals surface area contributed by atoms with Gasteiger partial charge in [-0.3, -0.25) is 14.4 Å². The van der Waals surface area contributed by atoms with Gasteiger partial charge in [0.05, 0.1) is 17.1 Å². The quantitative estimate of drug-likeness (QED) is 0.813. The van der Waals surface area contributed by atoms with Crippen LogP contribution in [0, 0.1) is 0 Å². The Labute approximate surface area is 117 Å². The molecule has 1 rings (SSSR count). The Kier molecular flexibility index (Phi) is 5.78. The normalized spacial score (nSPS) is 11.0. The van der Waals surface area contributed by atoms with Crippen LogP contribution in [0.3, 0.4) is 0 Å². The van der Waals surface area contributed by atoms with Gasteiger partial charge >= 0.3 is 6.18 Å². The molecule has 0 heterocycles. The second-order valence-electron chi connectivity index (χ2n) is 3.59. The lowest BCUT2D eigenvalue weighted by Gasteiger charge is -2.09. The molecule has 0 radical (unpaired) electrons.